The number of hydrogen-bond donors (Lipinski definition) is 3. The summed E-state index contributed by atoms with van der Waals surface area (Å²) < 4.78 is 5.73. The second kappa shape index (κ2) is 8.03. The first-order valence-corrected chi connectivity index (χ1v) is 11.3. The molecule has 2 aromatic heterocycles. The van der Waals surface area contributed by atoms with Crippen molar-refractivity contribution in [2.45, 2.75) is 50.2 Å². The summed E-state index contributed by atoms with van der Waals surface area (Å²) in [5.41, 5.74) is 7.54. The fourth-order valence-electron chi connectivity index (χ4n) is 4.79. The molecule has 1 fully saturated rings. The van der Waals surface area contributed by atoms with Crippen LogP contribution in [0.5, 0.6) is 0 Å². The quantitative estimate of drug-likeness (QED) is 0.520. The molecule has 1 amide bonds. The molecule has 1 aliphatic carbocycles. The maximum atomic E-state index is 13.5. The Morgan fingerprint density at radius 2 is 2.19 bits per heavy atom. The molecule has 1 saturated carbocycles. The molecule has 9 heteroatoms. The SMILES string of the molecule is CN1CCc2nc(C(=O)NC3CCCCC3(N)C(=O)c3cc4cc(Cl)ccc4[nH]3)oc2C1. The van der Waals surface area contributed by atoms with E-state index in [9.17, 15) is 9.59 Å². The molecule has 0 radical (unpaired) electrons. The number of carbonyl (C=O) groups is 2. The van der Waals surface area contributed by atoms with E-state index in [0.29, 0.717) is 30.1 Å². The molecule has 0 saturated heterocycles. The standard InChI is InChI=1S/C23H26ClN5O3/c1-29-9-7-16-18(12-29)32-22(27-16)21(31)28-19-4-2-3-8-23(19,25)20(30)17-11-13-10-14(24)5-6-15(13)26-17/h5-6,10-11,19,26H,2-4,7-9,12,25H2,1H3,(H,28,31). The lowest BCUT2D eigenvalue weighted by Gasteiger charge is -2.39. The van der Waals surface area contributed by atoms with E-state index in [2.05, 4.69) is 20.2 Å². The molecule has 2 aliphatic rings. The van der Waals surface area contributed by atoms with Crippen LogP contribution in [0.25, 0.3) is 10.9 Å². The average molecular weight is 456 g/mol. The van der Waals surface area contributed by atoms with Crippen molar-refractivity contribution in [2.75, 3.05) is 13.6 Å². The van der Waals surface area contributed by atoms with Crippen LogP contribution >= 0.6 is 11.6 Å². The summed E-state index contributed by atoms with van der Waals surface area (Å²) in [5, 5.41) is 4.39. The topological polar surface area (TPSA) is 117 Å². The molecule has 2 unspecified atom stereocenters. The molecule has 3 heterocycles. The first-order valence-electron chi connectivity index (χ1n) is 10.9. The summed E-state index contributed by atoms with van der Waals surface area (Å²) in [4.78, 5) is 36.1. The summed E-state index contributed by atoms with van der Waals surface area (Å²) in [6.45, 7) is 1.50. The van der Waals surface area contributed by atoms with E-state index in [1.54, 1.807) is 18.2 Å². The number of Topliss-reactive ketones (excluding diaryl/α,β-unsaturated/α-hetero) is 1. The van der Waals surface area contributed by atoms with Gasteiger partial charge in [0, 0.05) is 28.9 Å². The van der Waals surface area contributed by atoms with Gasteiger partial charge in [-0.1, -0.05) is 24.4 Å². The number of fused-ring (bicyclic) bond motifs is 2. The molecule has 4 N–H and O–H groups in total. The minimum absolute atomic E-state index is 0.0333. The van der Waals surface area contributed by atoms with Gasteiger partial charge < -0.3 is 20.5 Å². The second-order valence-corrected chi connectivity index (χ2v) is 9.37. The highest BCUT2D eigenvalue weighted by atomic mass is 35.5. The Morgan fingerprint density at radius 1 is 1.34 bits per heavy atom. The van der Waals surface area contributed by atoms with Crippen LogP contribution in [0, 0.1) is 0 Å². The fraction of sp³-hybridized carbons (Fsp3) is 0.435. The minimum atomic E-state index is -1.22. The highest BCUT2D eigenvalue weighted by Gasteiger charge is 2.45. The molecule has 0 bridgehead atoms. The van der Waals surface area contributed by atoms with E-state index in [0.717, 1.165) is 48.2 Å². The van der Waals surface area contributed by atoms with Gasteiger partial charge in [0.15, 0.2) is 0 Å². The molecular formula is C23H26ClN5O3. The number of benzene rings is 1. The summed E-state index contributed by atoms with van der Waals surface area (Å²) in [6.07, 6.45) is 3.55. The molecule has 8 nitrogen and oxygen atoms in total. The summed E-state index contributed by atoms with van der Waals surface area (Å²) in [6, 6.07) is 6.65. The lowest BCUT2D eigenvalue weighted by atomic mass is 9.74. The Hall–Kier alpha value is -2.68. The third-order valence-corrected chi connectivity index (χ3v) is 6.86. The van der Waals surface area contributed by atoms with E-state index in [4.69, 9.17) is 21.8 Å². The number of ketones is 1. The van der Waals surface area contributed by atoms with E-state index >= 15 is 0 Å². The fourth-order valence-corrected chi connectivity index (χ4v) is 4.97. The zero-order valence-electron chi connectivity index (χ0n) is 17.9. The van der Waals surface area contributed by atoms with Gasteiger partial charge in [0.1, 0.15) is 11.3 Å². The predicted molar refractivity (Wildman–Crippen MR) is 121 cm³/mol. The van der Waals surface area contributed by atoms with Crippen molar-refractivity contribution < 1.29 is 14.0 Å². The number of carbonyl (C=O) groups excluding carboxylic acids is 2. The first kappa shape index (κ1) is 21.2. The van der Waals surface area contributed by atoms with Crippen molar-refractivity contribution in [3.05, 3.63) is 52.3 Å². The van der Waals surface area contributed by atoms with Gasteiger partial charge in [-0.25, -0.2) is 4.98 Å². The van der Waals surface area contributed by atoms with E-state index < -0.39 is 17.5 Å². The molecule has 1 aromatic carbocycles. The van der Waals surface area contributed by atoms with Crippen molar-refractivity contribution in [3.63, 3.8) is 0 Å². The van der Waals surface area contributed by atoms with E-state index in [1.807, 2.05) is 13.1 Å². The number of hydrogen-bond acceptors (Lipinski definition) is 6. The van der Waals surface area contributed by atoms with Crippen LogP contribution in [-0.4, -0.2) is 51.7 Å². The molecule has 168 valence electrons. The summed E-state index contributed by atoms with van der Waals surface area (Å²) in [7, 11) is 2.00. The van der Waals surface area contributed by atoms with Crippen LogP contribution in [0.4, 0.5) is 0 Å². The number of H-pyrrole nitrogens is 1. The van der Waals surface area contributed by atoms with Gasteiger partial charge in [-0.3, -0.25) is 14.5 Å². The number of aromatic amines is 1. The normalized spacial score (nSPS) is 23.8. The molecule has 0 spiro atoms. The Balaban J connectivity index is 1.39. The van der Waals surface area contributed by atoms with Crippen LogP contribution < -0.4 is 11.1 Å². The van der Waals surface area contributed by atoms with Gasteiger partial charge in [0.25, 0.3) is 5.89 Å². The van der Waals surface area contributed by atoms with Gasteiger partial charge in [0.05, 0.1) is 24.0 Å². The molecule has 2 atom stereocenters. The number of likely N-dealkylation sites (N-methyl/N-ethyl adjacent to an activating group) is 1. The zero-order chi connectivity index (χ0) is 22.5. The van der Waals surface area contributed by atoms with Crippen LogP contribution in [0.1, 0.15) is 58.3 Å². The van der Waals surface area contributed by atoms with Gasteiger partial charge in [-0.15, -0.1) is 0 Å². The Labute approximate surface area is 190 Å². The Morgan fingerprint density at radius 3 is 3.03 bits per heavy atom. The third-order valence-electron chi connectivity index (χ3n) is 6.63. The van der Waals surface area contributed by atoms with Crippen molar-refractivity contribution in [2.24, 2.45) is 5.73 Å². The minimum Gasteiger partial charge on any atom is -0.436 e. The number of nitrogens with two attached hydrogens (primary N) is 1. The number of halogens is 1. The van der Waals surface area contributed by atoms with Crippen LogP contribution in [0.2, 0.25) is 5.02 Å². The van der Waals surface area contributed by atoms with Gasteiger partial charge in [-0.05, 0) is 44.2 Å². The second-order valence-electron chi connectivity index (χ2n) is 8.93. The number of nitrogens with one attached hydrogen (secondary N) is 2. The monoisotopic (exact) mass is 455 g/mol. The van der Waals surface area contributed by atoms with E-state index in [-0.39, 0.29) is 11.7 Å². The highest BCUT2D eigenvalue weighted by Crippen LogP contribution is 2.31. The molecule has 32 heavy (non-hydrogen) atoms. The molecule has 1 aliphatic heterocycles. The van der Waals surface area contributed by atoms with E-state index in [1.165, 1.54) is 0 Å². The van der Waals surface area contributed by atoms with Crippen LogP contribution in [0.15, 0.2) is 28.7 Å². The number of aromatic nitrogens is 2. The average Bonchev–Trinajstić information content (AvgIpc) is 3.38. The van der Waals surface area contributed by atoms with Crippen LogP contribution in [-0.2, 0) is 13.0 Å². The lowest BCUT2D eigenvalue weighted by molar-refractivity contribution is 0.0742. The predicted octanol–water partition coefficient (Wildman–Crippen LogP) is 3.05. The lowest BCUT2D eigenvalue weighted by Crippen LogP contribution is -2.64. The summed E-state index contributed by atoms with van der Waals surface area (Å²) in [5.74, 6) is 0.105. The van der Waals surface area contributed by atoms with Gasteiger partial charge in [0.2, 0.25) is 5.78 Å². The third kappa shape index (κ3) is 3.72. The Kier molecular flexibility index (Phi) is 5.31. The molecular weight excluding hydrogens is 430 g/mol. The Bertz CT molecular complexity index is 1200. The van der Waals surface area contributed by atoms with Crippen molar-refractivity contribution in [1.29, 1.82) is 0 Å². The molecule has 5 rings (SSSR count). The molecule has 3 aromatic rings. The smallest absolute Gasteiger partial charge is 0.307 e. The largest absolute Gasteiger partial charge is 0.436 e. The number of rotatable bonds is 4. The summed E-state index contributed by atoms with van der Waals surface area (Å²) >= 11 is 6.08. The van der Waals surface area contributed by atoms with Gasteiger partial charge in [-0.2, -0.15) is 0 Å². The maximum Gasteiger partial charge on any atom is 0.307 e. The van der Waals surface area contributed by atoms with Crippen LogP contribution in [0.3, 0.4) is 0 Å². The maximum absolute atomic E-state index is 13.5. The number of oxazole rings is 1. The van der Waals surface area contributed by atoms with Gasteiger partial charge >= 0.3 is 5.91 Å². The van der Waals surface area contributed by atoms with Crippen molar-refractivity contribution in [1.82, 2.24) is 20.2 Å². The number of nitrogens with zero attached hydrogens (tertiary/aromatic N) is 2. The van der Waals surface area contributed by atoms with Crippen molar-refractivity contribution >= 4 is 34.2 Å². The number of amides is 1. The first-order chi connectivity index (χ1) is 15.3. The highest BCUT2D eigenvalue weighted by molar-refractivity contribution is 6.31. The zero-order valence-corrected chi connectivity index (χ0v) is 18.7. The van der Waals surface area contributed by atoms with Crippen molar-refractivity contribution in [3.8, 4) is 0 Å².